The van der Waals surface area contributed by atoms with Crippen molar-refractivity contribution in [2.45, 2.75) is 33.4 Å². The standard InChI is InChI=1S/C18H22N6/c1-12(2)24-11-15(10-21-24)17-13(3)9-20-18(23-17)22-16-6-4-14(8-19)5-7-16/h4-7,9-12H,8,19H2,1-3H3,(H,20,22,23). The molecule has 0 aliphatic heterocycles. The van der Waals surface area contributed by atoms with Gasteiger partial charge in [0.15, 0.2) is 0 Å². The van der Waals surface area contributed by atoms with E-state index >= 15 is 0 Å². The molecule has 2 aromatic heterocycles. The molecule has 6 heteroatoms. The molecule has 0 aliphatic rings. The monoisotopic (exact) mass is 322 g/mol. The Hall–Kier alpha value is -2.73. The zero-order valence-corrected chi connectivity index (χ0v) is 14.2. The maximum Gasteiger partial charge on any atom is 0.227 e. The fourth-order valence-corrected chi connectivity index (χ4v) is 2.39. The van der Waals surface area contributed by atoms with Gasteiger partial charge in [-0.15, -0.1) is 0 Å². The summed E-state index contributed by atoms with van der Waals surface area (Å²) in [5.41, 5.74) is 10.5. The summed E-state index contributed by atoms with van der Waals surface area (Å²) in [6.07, 6.45) is 5.68. The molecule has 3 N–H and O–H groups in total. The normalized spacial score (nSPS) is 11.0. The van der Waals surface area contributed by atoms with Gasteiger partial charge in [0.05, 0.1) is 11.9 Å². The Labute approximate surface area is 141 Å². The van der Waals surface area contributed by atoms with E-state index < -0.39 is 0 Å². The number of nitrogens with two attached hydrogens (primary N) is 1. The first-order chi connectivity index (χ1) is 11.6. The Balaban J connectivity index is 1.87. The van der Waals surface area contributed by atoms with Crippen molar-refractivity contribution in [3.63, 3.8) is 0 Å². The van der Waals surface area contributed by atoms with Crippen LogP contribution in [0.1, 0.15) is 31.0 Å². The third-order valence-electron chi connectivity index (χ3n) is 3.82. The minimum Gasteiger partial charge on any atom is -0.326 e. The third-order valence-corrected chi connectivity index (χ3v) is 3.82. The van der Waals surface area contributed by atoms with Gasteiger partial charge in [-0.1, -0.05) is 12.1 Å². The van der Waals surface area contributed by atoms with E-state index in [0.717, 1.165) is 28.1 Å². The smallest absolute Gasteiger partial charge is 0.227 e. The number of hydrogen-bond acceptors (Lipinski definition) is 5. The quantitative estimate of drug-likeness (QED) is 0.752. The highest BCUT2D eigenvalue weighted by molar-refractivity contribution is 5.64. The maximum absolute atomic E-state index is 5.62. The average Bonchev–Trinajstić information content (AvgIpc) is 3.07. The number of benzene rings is 1. The molecule has 0 unspecified atom stereocenters. The molecule has 2 heterocycles. The molecule has 24 heavy (non-hydrogen) atoms. The van der Waals surface area contributed by atoms with Gasteiger partial charge in [-0.3, -0.25) is 4.68 Å². The summed E-state index contributed by atoms with van der Waals surface area (Å²) in [4.78, 5) is 9.02. The van der Waals surface area contributed by atoms with Crippen LogP contribution in [0.2, 0.25) is 0 Å². The summed E-state index contributed by atoms with van der Waals surface area (Å²) >= 11 is 0. The van der Waals surface area contributed by atoms with Crippen molar-refractivity contribution in [3.05, 3.63) is 54.0 Å². The molecule has 0 bridgehead atoms. The van der Waals surface area contributed by atoms with Gasteiger partial charge in [0.25, 0.3) is 0 Å². The van der Waals surface area contributed by atoms with Gasteiger partial charge in [-0.05, 0) is 44.0 Å². The van der Waals surface area contributed by atoms with Crippen LogP contribution in [-0.4, -0.2) is 19.7 Å². The van der Waals surface area contributed by atoms with E-state index in [0.29, 0.717) is 18.5 Å². The van der Waals surface area contributed by atoms with Crippen molar-refractivity contribution in [1.82, 2.24) is 19.7 Å². The van der Waals surface area contributed by atoms with Crippen molar-refractivity contribution in [3.8, 4) is 11.3 Å². The summed E-state index contributed by atoms with van der Waals surface area (Å²) in [5.74, 6) is 0.563. The van der Waals surface area contributed by atoms with Gasteiger partial charge < -0.3 is 11.1 Å². The summed E-state index contributed by atoms with van der Waals surface area (Å²) in [7, 11) is 0. The Bertz CT molecular complexity index is 820. The van der Waals surface area contributed by atoms with Crippen LogP contribution in [0, 0.1) is 6.92 Å². The van der Waals surface area contributed by atoms with Crippen LogP contribution >= 0.6 is 0 Å². The minimum absolute atomic E-state index is 0.319. The largest absolute Gasteiger partial charge is 0.326 e. The summed E-state index contributed by atoms with van der Waals surface area (Å²) in [6.45, 7) is 6.73. The highest BCUT2D eigenvalue weighted by atomic mass is 15.3. The molecule has 0 saturated carbocycles. The zero-order chi connectivity index (χ0) is 17.1. The fraction of sp³-hybridized carbons (Fsp3) is 0.278. The lowest BCUT2D eigenvalue weighted by Crippen LogP contribution is -2.01. The second kappa shape index (κ2) is 6.80. The topological polar surface area (TPSA) is 81.7 Å². The van der Waals surface area contributed by atoms with Crippen molar-refractivity contribution in [2.24, 2.45) is 5.73 Å². The van der Waals surface area contributed by atoms with Gasteiger partial charge >= 0.3 is 0 Å². The van der Waals surface area contributed by atoms with E-state index in [4.69, 9.17) is 5.73 Å². The Morgan fingerprint density at radius 1 is 1.17 bits per heavy atom. The van der Waals surface area contributed by atoms with E-state index in [1.807, 2.05) is 54.5 Å². The Kier molecular flexibility index (Phi) is 4.57. The molecule has 124 valence electrons. The molecule has 0 radical (unpaired) electrons. The lowest BCUT2D eigenvalue weighted by atomic mass is 10.1. The van der Waals surface area contributed by atoms with E-state index in [9.17, 15) is 0 Å². The number of nitrogens with one attached hydrogen (secondary N) is 1. The van der Waals surface area contributed by atoms with E-state index in [-0.39, 0.29) is 0 Å². The first kappa shape index (κ1) is 16.1. The lowest BCUT2D eigenvalue weighted by molar-refractivity contribution is 0.532. The van der Waals surface area contributed by atoms with Crippen LogP contribution < -0.4 is 11.1 Å². The Morgan fingerprint density at radius 2 is 1.92 bits per heavy atom. The first-order valence-corrected chi connectivity index (χ1v) is 8.01. The van der Waals surface area contributed by atoms with Crippen LogP contribution in [-0.2, 0) is 6.54 Å². The van der Waals surface area contributed by atoms with Crippen molar-refractivity contribution in [2.75, 3.05) is 5.32 Å². The van der Waals surface area contributed by atoms with Crippen LogP contribution in [0.15, 0.2) is 42.9 Å². The van der Waals surface area contributed by atoms with Gasteiger partial charge in [0.2, 0.25) is 5.95 Å². The Morgan fingerprint density at radius 3 is 2.54 bits per heavy atom. The van der Waals surface area contributed by atoms with Crippen LogP contribution in [0.3, 0.4) is 0 Å². The maximum atomic E-state index is 5.62. The molecule has 0 atom stereocenters. The van der Waals surface area contributed by atoms with Gasteiger partial charge in [0.1, 0.15) is 0 Å². The zero-order valence-electron chi connectivity index (χ0n) is 14.2. The SMILES string of the molecule is Cc1cnc(Nc2ccc(CN)cc2)nc1-c1cnn(C(C)C)c1. The number of nitrogens with zero attached hydrogens (tertiary/aromatic N) is 4. The molecule has 3 rings (SSSR count). The number of hydrogen-bond donors (Lipinski definition) is 2. The van der Waals surface area contributed by atoms with Gasteiger partial charge in [-0.2, -0.15) is 5.10 Å². The average molecular weight is 322 g/mol. The summed E-state index contributed by atoms with van der Waals surface area (Å²) < 4.78 is 1.93. The molecule has 0 saturated heterocycles. The first-order valence-electron chi connectivity index (χ1n) is 8.01. The molecule has 0 spiro atoms. The third kappa shape index (κ3) is 3.44. The number of anilines is 2. The van der Waals surface area contributed by atoms with Gasteiger partial charge in [-0.25, -0.2) is 9.97 Å². The second-order valence-corrected chi connectivity index (χ2v) is 6.05. The number of aromatic nitrogens is 4. The van der Waals surface area contributed by atoms with E-state index in [1.54, 1.807) is 0 Å². The highest BCUT2D eigenvalue weighted by Crippen LogP contribution is 2.23. The molecule has 0 aliphatic carbocycles. The van der Waals surface area contributed by atoms with Crippen LogP contribution in [0.5, 0.6) is 0 Å². The molecular formula is C18H22N6. The number of rotatable bonds is 5. The van der Waals surface area contributed by atoms with Crippen LogP contribution in [0.4, 0.5) is 11.6 Å². The second-order valence-electron chi connectivity index (χ2n) is 6.05. The van der Waals surface area contributed by atoms with Crippen molar-refractivity contribution >= 4 is 11.6 Å². The fourth-order valence-electron chi connectivity index (χ4n) is 2.39. The van der Waals surface area contributed by atoms with E-state index in [1.165, 1.54) is 0 Å². The summed E-state index contributed by atoms with van der Waals surface area (Å²) in [5, 5.41) is 7.62. The molecule has 1 aromatic carbocycles. The molecule has 0 amide bonds. The number of aryl methyl sites for hydroxylation is 1. The molecule has 3 aromatic rings. The summed E-state index contributed by atoms with van der Waals surface area (Å²) in [6, 6.07) is 8.25. The molecule has 0 fully saturated rings. The predicted molar refractivity (Wildman–Crippen MR) is 96.0 cm³/mol. The van der Waals surface area contributed by atoms with Crippen molar-refractivity contribution < 1.29 is 0 Å². The minimum atomic E-state index is 0.319. The highest BCUT2D eigenvalue weighted by Gasteiger charge is 2.10. The van der Waals surface area contributed by atoms with E-state index in [2.05, 4.69) is 34.2 Å². The van der Waals surface area contributed by atoms with Gasteiger partial charge in [0, 0.05) is 36.2 Å². The van der Waals surface area contributed by atoms with Crippen LogP contribution in [0.25, 0.3) is 11.3 Å². The molecule has 6 nitrogen and oxygen atoms in total. The predicted octanol–water partition coefficient (Wildman–Crippen LogP) is 3.43. The molecular weight excluding hydrogens is 300 g/mol. The van der Waals surface area contributed by atoms with Crippen molar-refractivity contribution in [1.29, 1.82) is 0 Å². The lowest BCUT2D eigenvalue weighted by Gasteiger charge is -2.09.